The molecule has 1 aliphatic rings. The SMILES string of the molecule is OCCN1CCN(c2cccc(Nc3ncc(/C=C/c4cccc5[nH]ccc45)cn3)c2)CC1. The number of anilines is 3. The minimum Gasteiger partial charge on any atom is -0.395 e. The molecule has 1 saturated heterocycles. The zero-order chi connectivity index (χ0) is 22.5. The first-order valence-electron chi connectivity index (χ1n) is 11.3. The van der Waals surface area contributed by atoms with Gasteiger partial charge in [-0.25, -0.2) is 9.97 Å². The lowest BCUT2D eigenvalue weighted by Gasteiger charge is -2.35. The molecule has 0 atom stereocenters. The summed E-state index contributed by atoms with van der Waals surface area (Å²) in [5.41, 5.74) is 5.38. The summed E-state index contributed by atoms with van der Waals surface area (Å²) < 4.78 is 0. The fraction of sp³-hybridized carbons (Fsp3) is 0.231. The number of aromatic amines is 1. The van der Waals surface area contributed by atoms with Gasteiger partial charge in [0.25, 0.3) is 0 Å². The van der Waals surface area contributed by atoms with Crippen LogP contribution in [0.4, 0.5) is 17.3 Å². The van der Waals surface area contributed by atoms with Crippen LogP contribution in [0.25, 0.3) is 23.1 Å². The van der Waals surface area contributed by atoms with Gasteiger partial charge in [-0.15, -0.1) is 0 Å². The first-order valence-corrected chi connectivity index (χ1v) is 11.3. The maximum absolute atomic E-state index is 9.13. The van der Waals surface area contributed by atoms with Crippen LogP contribution in [0.2, 0.25) is 0 Å². The van der Waals surface area contributed by atoms with E-state index in [0.717, 1.165) is 55.1 Å². The number of benzene rings is 2. The molecule has 33 heavy (non-hydrogen) atoms. The number of piperazine rings is 1. The van der Waals surface area contributed by atoms with Crippen molar-refractivity contribution in [1.29, 1.82) is 0 Å². The number of aliphatic hydroxyl groups is 1. The van der Waals surface area contributed by atoms with Gasteiger partial charge in [-0.05, 0) is 35.9 Å². The van der Waals surface area contributed by atoms with E-state index in [1.165, 1.54) is 11.1 Å². The van der Waals surface area contributed by atoms with Crippen molar-refractivity contribution in [2.45, 2.75) is 0 Å². The van der Waals surface area contributed by atoms with Gasteiger partial charge in [-0.3, -0.25) is 4.90 Å². The van der Waals surface area contributed by atoms with Crippen molar-refractivity contribution in [2.75, 3.05) is 49.5 Å². The number of aliphatic hydroxyl groups excluding tert-OH is 1. The predicted octanol–water partition coefficient (Wildman–Crippen LogP) is 3.99. The quantitative estimate of drug-likeness (QED) is 0.403. The molecule has 168 valence electrons. The zero-order valence-electron chi connectivity index (χ0n) is 18.5. The number of aromatic nitrogens is 3. The van der Waals surface area contributed by atoms with E-state index in [1.54, 1.807) is 0 Å². The van der Waals surface area contributed by atoms with Gasteiger partial charge in [0.05, 0.1) is 6.61 Å². The van der Waals surface area contributed by atoms with E-state index >= 15 is 0 Å². The van der Waals surface area contributed by atoms with Crippen LogP contribution in [-0.4, -0.2) is 64.3 Å². The Morgan fingerprint density at radius 3 is 2.61 bits per heavy atom. The normalized spacial score (nSPS) is 14.9. The molecule has 7 nitrogen and oxygen atoms in total. The fourth-order valence-electron chi connectivity index (χ4n) is 4.21. The lowest BCUT2D eigenvalue weighted by Crippen LogP contribution is -2.47. The van der Waals surface area contributed by atoms with Crippen molar-refractivity contribution in [2.24, 2.45) is 0 Å². The molecule has 2 aromatic carbocycles. The number of H-pyrrole nitrogens is 1. The van der Waals surface area contributed by atoms with Gasteiger partial charge < -0.3 is 20.3 Å². The molecule has 0 unspecified atom stereocenters. The third-order valence-electron chi connectivity index (χ3n) is 6.01. The van der Waals surface area contributed by atoms with Gasteiger partial charge in [-0.1, -0.05) is 30.4 Å². The number of rotatable bonds is 7. The molecule has 4 aromatic rings. The Kier molecular flexibility index (Phi) is 6.32. The molecular weight excluding hydrogens is 412 g/mol. The van der Waals surface area contributed by atoms with Gasteiger partial charge in [0, 0.05) is 79.2 Å². The average Bonchev–Trinajstić information content (AvgIpc) is 3.34. The van der Waals surface area contributed by atoms with Crippen LogP contribution >= 0.6 is 0 Å². The van der Waals surface area contributed by atoms with Crippen LogP contribution in [0, 0.1) is 0 Å². The molecule has 0 aliphatic carbocycles. The molecule has 3 heterocycles. The van der Waals surface area contributed by atoms with E-state index in [2.05, 4.69) is 72.5 Å². The minimum absolute atomic E-state index is 0.219. The number of hydrogen-bond acceptors (Lipinski definition) is 6. The second-order valence-corrected chi connectivity index (χ2v) is 8.19. The summed E-state index contributed by atoms with van der Waals surface area (Å²) in [7, 11) is 0. The van der Waals surface area contributed by atoms with E-state index in [1.807, 2.05) is 36.8 Å². The van der Waals surface area contributed by atoms with Crippen LogP contribution in [-0.2, 0) is 0 Å². The largest absolute Gasteiger partial charge is 0.395 e. The topological polar surface area (TPSA) is 80.3 Å². The van der Waals surface area contributed by atoms with Crippen molar-refractivity contribution in [3.05, 3.63) is 78.2 Å². The Morgan fingerprint density at radius 2 is 1.79 bits per heavy atom. The van der Waals surface area contributed by atoms with E-state index in [9.17, 15) is 0 Å². The lowest BCUT2D eigenvalue weighted by atomic mass is 10.1. The van der Waals surface area contributed by atoms with Crippen LogP contribution < -0.4 is 10.2 Å². The molecule has 3 N–H and O–H groups in total. The van der Waals surface area contributed by atoms with E-state index in [4.69, 9.17) is 5.11 Å². The number of fused-ring (bicyclic) bond motifs is 1. The summed E-state index contributed by atoms with van der Waals surface area (Å²) >= 11 is 0. The smallest absolute Gasteiger partial charge is 0.227 e. The van der Waals surface area contributed by atoms with E-state index < -0.39 is 0 Å². The summed E-state index contributed by atoms with van der Waals surface area (Å²) in [4.78, 5) is 16.9. The highest BCUT2D eigenvalue weighted by Gasteiger charge is 2.16. The monoisotopic (exact) mass is 440 g/mol. The van der Waals surface area contributed by atoms with Crippen molar-refractivity contribution in [1.82, 2.24) is 19.9 Å². The minimum atomic E-state index is 0.219. The Morgan fingerprint density at radius 1 is 0.970 bits per heavy atom. The van der Waals surface area contributed by atoms with Crippen molar-refractivity contribution < 1.29 is 5.11 Å². The van der Waals surface area contributed by atoms with Crippen molar-refractivity contribution in [3.63, 3.8) is 0 Å². The molecular formula is C26H28N6O. The average molecular weight is 441 g/mol. The summed E-state index contributed by atoms with van der Waals surface area (Å²) in [5.74, 6) is 0.574. The summed E-state index contributed by atoms with van der Waals surface area (Å²) in [5, 5.41) is 13.6. The van der Waals surface area contributed by atoms with E-state index in [-0.39, 0.29) is 6.61 Å². The Hall–Kier alpha value is -3.68. The summed E-state index contributed by atoms with van der Waals surface area (Å²) in [6, 6.07) is 16.7. The van der Waals surface area contributed by atoms with Gasteiger partial charge in [0.1, 0.15) is 0 Å². The van der Waals surface area contributed by atoms with Gasteiger partial charge >= 0.3 is 0 Å². The second kappa shape index (κ2) is 9.85. The first kappa shape index (κ1) is 21.2. The van der Waals surface area contributed by atoms with Crippen molar-refractivity contribution in [3.8, 4) is 0 Å². The fourth-order valence-corrected chi connectivity index (χ4v) is 4.21. The molecule has 2 aromatic heterocycles. The van der Waals surface area contributed by atoms with Crippen LogP contribution in [0.1, 0.15) is 11.1 Å². The predicted molar refractivity (Wildman–Crippen MR) is 135 cm³/mol. The third-order valence-corrected chi connectivity index (χ3v) is 6.01. The van der Waals surface area contributed by atoms with Gasteiger partial charge in [0.15, 0.2) is 0 Å². The summed E-state index contributed by atoms with van der Waals surface area (Å²) in [6.45, 7) is 4.81. The van der Waals surface area contributed by atoms with E-state index in [0.29, 0.717) is 5.95 Å². The molecule has 1 fully saturated rings. The second-order valence-electron chi connectivity index (χ2n) is 8.19. The number of β-amino-alcohol motifs (C(OH)–C–C–N with tert-alkyl or cyclic N) is 1. The zero-order valence-corrected chi connectivity index (χ0v) is 18.5. The molecule has 1 aliphatic heterocycles. The molecule has 0 amide bonds. The molecule has 0 radical (unpaired) electrons. The Balaban J connectivity index is 1.23. The van der Waals surface area contributed by atoms with Crippen molar-refractivity contribution >= 4 is 40.4 Å². The molecule has 0 bridgehead atoms. The highest BCUT2D eigenvalue weighted by molar-refractivity contribution is 5.91. The maximum Gasteiger partial charge on any atom is 0.227 e. The Bertz CT molecular complexity index is 1230. The number of hydrogen-bond donors (Lipinski definition) is 3. The van der Waals surface area contributed by atoms with Crippen LogP contribution in [0.3, 0.4) is 0 Å². The Labute approximate surface area is 193 Å². The molecule has 0 spiro atoms. The van der Waals surface area contributed by atoms with Gasteiger partial charge in [-0.2, -0.15) is 0 Å². The number of nitrogens with zero attached hydrogens (tertiary/aromatic N) is 4. The van der Waals surface area contributed by atoms with Crippen LogP contribution in [0.15, 0.2) is 67.1 Å². The maximum atomic E-state index is 9.13. The molecule has 7 heteroatoms. The third kappa shape index (κ3) is 5.05. The summed E-state index contributed by atoms with van der Waals surface area (Å²) in [6.07, 6.45) is 9.73. The first-order chi connectivity index (χ1) is 16.3. The highest BCUT2D eigenvalue weighted by atomic mass is 16.3. The van der Waals surface area contributed by atoms with Crippen LogP contribution in [0.5, 0.6) is 0 Å². The van der Waals surface area contributed by atoms with Gasteiger partial charge in [0.2, 0.25) is 5.95 Å². The standard InChI is InChI=1S/C26H28N6O/c33-16-15-31-11-13-32(14-12-31)23-5-2-4-22(17-23)30-26-28-18-20(19-29-26)7-8-21-3-1-6-25-24(21)9-10-27-25/h1-10,17-19,27,33H,11-16H2,(H,28,29,30)/b8-7+. The molecule has 5 rings (SSSR count). The number of nitrogens with one attached hydrogen (secondary N) is 2. The highest BCUT2D eigenvalue weighted by Crippen LogP contribution is 2.23. The lowest BCUT2D eigenvalue weighted by molar-refractivity contribution is 0.189. The molecule has 0 saturated carbocycles.